The molecule has 25 heavy (non-hydrogen) atoms. The summed E-state index contributed by atoms with van der Waals surface area (Å²) in [5, 5.41) is 13.4. The van der Waals surface area contributed by atoms with E-state index in [1.807, 2.05) is 45.0 Å². The van der Waals surface area contributed by atoms with Crippen LogP contribution in [0.2, 0.25) is 0 Å². The van der Waals surface area contributed by atoms with Crippen LogP contribution in [0.5, 0.6) is 5.75 Å². The van der Waals surface area contributed by atoms with E-state index in [0.29, 0.717) is 6.54 Å². The number of hydrogen-bond acceptors (Lipinski definition) is 5. The third-order valence-electron chi connectivity index (χ3n) is 4.22. The molecule has 1 fully saturated rings. The number of benzene rings is 1. The van der Waals surface area contributed by atoms with E-state index < -0.39 is 11.7 Å². The van der Waals surface area contributed by atoms with Gasteiger partial charge in [-0.15, -0.1) is 0 Å². The van der Waals surface area contributed by atoms with Crippen molar-refractivity contribution in [3.8, 4) is 5.75 Å². The fraction of sp³-hybridized carbons (Fsp3) is 0.632. The number of piperidine rings is 1. The second kappa shape index (κ2) is 8.54. The summed E-state index contributed by atoms with van der Waals surface area (Å²) in [6.07, 6.45) is 0.793. The van der Waals surface area contributed by atoms with Crippen molar-refractivity contribution < 1.29 is 19.4 Å². The number of methoxy groups -OCH3 is 1. The Morgan fingerprint density at radius 1 is 1.36 bits per heavy atom. The highest BCUT2D eigenvalue weighted by Crippen LogP contribution is 2.21. The smallest absolute Gasteiger partial charge is 0.407 e. The van der Waals surface area contributed by atoms with E-state index in [-0.39, 0.29) is 12.1 Å². The van der Waals surface area contributed by atoms with E-state index >= 15 is 0 Å². The molecule has 1 aliphatic heterocycles. The number of amides is 1. The molecule has 1 aliphatic rings. The van der Waals surface area contributed by atoms with E-state index in [2.05, 4.69) is 10.2 Å². The zero-order chi connectivity index (χ0) is 18.4. The van der Waals surface area contributed by atoms with Crippen LogP contribution in [0.4, 0.5) is 4.79 Å². The summed E-state index contributed by atoms with van der Waals surface area (Å²) in [7, 11) is 1.62. The Kier molecular flexibility index (Phi) is 6.67. The number of nitrogens with one attached hydrogen (secondary N) is 1. The predicted octanol–water partition coefficient (Wildman–Crippen LogP) is 2.72. The molecule has 6 heteroatoms. The number of β-amino-alcohol motifs (C(OH)–C–C–N with tert-alkyl or cyclic N) is 1. The lowest BCUT2D eigenvalue weighted by Crippen LogP contribution is -2.46. The molecule has 0 saturated carbocycles. The number of aliphatic hydroxyl groups excluding tert-OH is 1. The van der Waals surface area contributed by atoms with Gasteiger partial charge in [-0.1, -0.05) is 12.1 Å². The minimum absolute atomic E-state index is 0.125. The number of rotatable bonds is 5. The fourth-order valence-electron chi connectivity index (χ4n) is 2.93. The highest BCUT2D eigenvalue weighted by molar-refractivity contribution is 5.68. The minimum Gasteiger partial charge on any atom is -0.497 e. The maximum Gasteiger partial charge on any atom is 0.407 e. The van der Waals surface area contributed by atoms with Crippen LogP contribution in [0.3, 0.4) is 0 Å². The van der Waals surface area contributed by atoms with Crippen molar-refractivity contribution in [2.45, 2.75) is 51.4 Å². The van der Waals surface area contributed by atoms with Crippen molar-refractivity contribution in [3.05, 3.63) is 29.8 Å². The number of nitrogens with zero attached hydrogens (tertiary/aromatic N) is 1. The van der Waals surface area contributed by atoms with E-state index in [1.165, 1.54) is 0 Å². The third-order valence-corrected chi connectivity index (χ3v) is 4.22. The zero-order valence-corrected chi connectivity index (χ0v) is 15.6. The third kappa shape index (κ3) is 6.55. The van der Waals surface area contributed by atoms with Gasteiger partial charge in [-0.3, -0.25) is 0 Å². The topological polar surface area (TPSA) is 71.0 Å². The summed E-state index contributed by atoms with van der Waals surface area (Å²) in [6.45, 7) is 7.81. The maximum atomic E-state index is 11.8. The van der Waals surface area contributed by atoms with Crippen LogP contribution in [-0.4, -0.2) is 54.5 Å². The average Bonchev–Trinajstić information content (AvgIpc) is 2.55. The first-order chi connectivity index (χ1) is 11.8. The van der Waals surface area contributed by atoms with Crippen LogP contribution in [0.1, 0.15) is 45.3 Å². The molecule has 1 aromatic carbocycles. The molecule has 1 amide bonds. The molecule has 2 rings (SSSR count). The van der Waals surface area contributed by atoms with Gasteiger partial charge in [0.15, 0.2) is 0 Å². The van der Waals surface area contributed by atoms with Gasteiger partial charge in [0.1, 0.15) is 11.4 Å². The van der Waals surface area contributed by atoms with Crippen molar-refractivity contribution in [2.75, 3.05) is 26.7 Å². The molecule has 0 aromatic heterocycles. The second-order valence-electron chi connectivity index (χ2n) is 7.51. The summed E-state index contributed by atoms with van der Waals surface area (Å²) in [4.78, 5) is 14.1. The van der Waals surface area contributed by atoms with E-state index in [9.17, 15) is 9.90 Å². The lowest BCUT2D eigenvalue weighted by Gasteiger charge is -2.33. The minimum atomic E-state index is -0.550. The maximum absolute atomic E-state index is 11.8. The highest BCUT2D eigenvalue weighted by atomic mass is 16.6. The Labute approximate surface area is 150 Å². The first kappa shape index (κ1) is 19.5. The molecule has 0 radical (unpaired) electrons. The van der Waals surface area contributed by atoms with Crippen LogP contribution in [0.25, 0.3) is 0 Å². The van der Waals surface area contributed by atoms with Gasteiger partial charge in [0.05, 0.1) is 13.2 Å². The molecule has 6 nitrogen and oxygen atoms in total. The molecule has 1 unspecified atom stereocenters. The lowest BCUT2D eigenvalue weighted by atomic mass is 10.0. The molecule has 1 saturated heterocycles. The standard InChI is InChI=1S/C19H30N2O4/c1-19(2,3)25-18(23)20-15-8-10-21(11-9-15)13-17(22)14-6-5-7-16(12-14)24-4/h5-7,12,15,17,22H,8-11,13H2,1-4H3,(H,20,23). The predicted molar refractivity (Wildman–Crippen MR) is 96.8 cm³/mol. The zero-order valence-electron chi connectivity index (χ0n) is 15.6. The van der Waals surface area contributed by atoms with Crippen molar-refractivity contribution in [1.82, 2.24) is 10.2 Å². The molecule has 1 heterocycles. The number of carbonyl (C=O) groups is 1. The van der Waals surface area contributed by atoms with Gasteiger partial charge < -0.3 is 24.8 Å². The van der Waals surface area contributed by atoms with Crippen LogP contribution in [-0.2, 0) is 4.74 Å². The number of hydrogen-bond donors (Lipinski definition) is 2. The molecule has 0 spiro atoms. The van der Waals surface area contributed by atoms with Gasteiger partial charge in [0.2, 0.25) is 0 Å². The number of aliphatic hydroxyl groups is 1. The Morgan fingerprint density at radius 3 is 2.64 bits per heavy atom. The highest BCUT2D eigenvalue weighted by Gasteiger charge is 2.24. The molecule has 140 valence electrons. The molecule has 1 aromatic rings. The molecule has 2 N–H and O–H groups in total. The van der Waals surface area contributed by atoms with Gasteiger partial charge in [0, 0.05) is 25.7 Å². The number of carbonyl (C=O) groups excluding carboxylic acids is 1. The summed E-state index contributed by atoms with van der Waals surface area (Å²) in [5.41, 5.74) is 0.374. The van der Waals surface area contributed by atoms with Crippen LogP contribution >= 0.6 is 0 Å². The van der Waals surface area contributed by atoms with Gasteiger partial charge in [-0.05, 0) is 51.3 Å². The molecule has 1 atom stereocenters. The van der Waals surface area contributed by atoms with Gasteiger partial charge in [-0.2, -0.15) is 0 Å². The van der Waals surface area contributed by atoms with Crippen molar-refractivity contribution in [3.63, 3.8) is 0 Å². The van der Waals surface area contributed by atoms with Crippen molar-refractivity contribution in [2.24, 2.45) is 0 Å². The van der Waals surface area contributed by atoms with E-state index in [4.69, 9.17) is 9.47 Å². The monoisotopic (exact) mass is 350 g/mol. The van der Waals surface area contributed by atoms with Crippen molar-refractivity contribution >= 4 is 6.09 Å². The SMILES string of the molecule is COc1cccc(C(O)CN2CCC(NC(=O)OC(C)(C)C)CC2)c1. The average molecular weight is 350 g/mol. The molecular weight excluding hydrogens is 320 g/mol. The summed E-state index contributed by atoms with van der Waals surface area (Å²) in [5.74, 6) is 0.747. The summed E-state index contributed by atoms with van der Waals surface area (Å²) < 4.78 is 10.5. The summed E-state index contributed by atoms with van der Waals surface area (Å²) >= 11 is 0. The molecule has 0 bridgehead atoms. The number of alkyl carbamates (subject to hydrolysis) is 1. The first-order valence-electron chi connectivity index (χ1n) is 8.81. The van der Waals surface area contributed by atoms with Gasteiger partial charge in [-0.25, -0.2) is 4.79 Å². The quantitative estimate of drug-likeness (QED) is 0.854. The Morgan fingerprint density at radius 2 is 2.04 bits per heavy atom. The number of likely N-dealkylation sites (tertiary alicyclic amines) is 1. The van der Waals surface area contributed by atoms with E-state index in [1.54, 1.807) is 7.11 Å². The number of ether oxygens (including phenoxy) is 2. The Hall–Kier alpha value is -1.79. The lowest BCUT2D eigenvalue weighted by molar-refractivity contribution is 0.0459. The van der Waals surface area contributed by atoms with Crippen LogP contribution in [0.15, 0.2) is 24.3 Å². The van der Waals surface area contributed by atoms with Gasteiger partial charge >= 0.3 is 6.09 Å². The second-order valence-corrected chi connectivity index (χ2v) is 7.51. The van der Waals surface area contributed by atoms with Crippen molar-refractivity contribution in [1.29, 1.82) is 0 Å². The fourth-order valence-corrected chi connectivity index (χ4v) is 2.93. The van der Waals surface area contributed by atoms with Gasteiger partial charge in [0.25, 0.3) is 0 Å². The largest absolute Gasteiger partial charge is 0.497 e. The van der Waals surface area contributed by atoms with Crippen LogP contribution in [0, 0.1) is 0 Å². The first-order valence-corrected chi connectivity index (χ1v) is 8.81. The van der Waals surface area contributed by atoms with Crippen LogP contribution < -0.4 is 10.1 Å². The van der Waals surface area contributed by atoms with E-state index in [0.717, 1.165) is 37.2 Å². The normalized spacial score (nSPS) is 17.8. The summed E-state index contributed by atoms with van der Waals surface area (Å²) in [6, 6.07) is 7.64. The molecule has 0 aliphatic carbocycles. The molecular formula is C19H30N2O4. The Balaban J connectivity index is 1.77. The Bertz CT molecular complexity index is 563.